The van der Waals surface area contributed by atoms with Gasteiger partial charge in [0.25, 0.3) is 0 Å². The van der Waals surface area contributed by atoms with Gasteiger partial charge in [0.2, 0.25) is 0 Å². The van der Waals surface area contributed by atoms with Gasteiger partial charge in [0.05, 0.1) is 18.0 Å². The Hall–Kier alpha value is -1.22. The number of imidazole rings is 1. The smallest absolute Gasteiger partial charge is 0.146 e. The van der Waals surface area contributed by atoms with Crippen LogP contribution >= 0.6 is 11.6 Å². The quantitative estimate of drug-likeness (QED) is 0.741. The molecule has 0 spiro atoms. The lowest BCUT2D eigenvalue weighted by Gasteiger charge is -2.28. The molecule has 0 fully saturated rings. The molecule has 116 valence electrons. The fraction of sp³-hybridized carbons (Fsp3) is 0.588. The molecule has 0 bridgehead atoms. The number of fused-ring (bicyclic) bond motifs is 1. The first-order valence-electron chi connectivity index (χ1n) is 7.43. The molecular formula is C17H25ClN2O. The molecule has 0 aliphatic heterocycles. The highest BCUT2D eigenvalue weighted by molar-refractivity contribution is 6.20. The molecule has 2 aromatic rings. The molecule has 0 radical (unpaired) electrons. The predicted octanol–water partition coefficient (Wildman–Crippen LogP) is 5.03. The summed E-state index contributed by atoms with van der Waals surface area (Å²) in [5.41, 5.74) is 2.22. The number of ether oxygens (including phenoxy) is 1. The summed E-state index contributed by atoms with van der Waals surface area (Å²) in [6, 6.07) is 6.03. The molecule has 2 atom stereocenters. The van der Waals surface area contributed by atoms with Gasteiger partial charge in [-0.25, -0.2) is 4.98 Å². The summed E-state index contributed by atoms with van der Waals surface area (Å²) in [7, 11) is 1.68. The van der Waals surface area contributed by atoms with Gasteiger partial charge >= 0.3 is 0 Å². The van der Waals surface area contributed by atoms with E-state index in [4.69, 9.17) is 21.3 Å². The molecule has 1 heterocycles. The van der Waals surface area contributed by atoms with Gasteiger partial charge in [-0.1, -0.05) is 33.8 Å². The molecule has 2 unspecified atom stereocenters. The highest BCUT2D eigenvalue weighted by Gasteiger charge is 2.24. The molecule has 0 saturated heterocycles. The Labute approximate surface area is 132 Å². The maximum Gasteiger partial charge on any atom is 0.146 e. The first kappa shape index (κ1) is 16.2. The van der Waals surface area contributed by atoms with Crippen LogP contribution in [0.1, 0.15) is 45.8 Å². The Bertz CT molecular complexity index is 625. The van der Waals surface area contributed by atoms with Crippen molar-refractivity contribution in [2.45, 2.75) is 46.5 Å². The van der Waals surface area contributed by atoms with Crippen LogP contribution in [0.3, 0.4) is 0 Å². The van der Waals surface area contributed by atoms with Crippen LogP contribution in [0.25, 0.3) is 11.0 Å². The van der Waals surface area contributed by atoms with Crippen molar-refractivity contribution in [2.75, 3.05) is 7.11 Å². The molecule has 21 heavy (non-hydrogen) atoms. The summed E-state index contributed by atoms with van der Waals surface area (Å²) in [4.78, 5) is 4.72. The number of methoxy groups -OCH3 is 1. The van der Waals surface area contributed by atoms with Crippen LogP contribution in [0.4, 0.5) is 0 Å². The average Bonchev–Trinajstić information content (AvgIpc) is 2.76. The van der Waals surface area contributed by atoms with Gasteiger partial charge in [-0.15, -0.1) is 11.6 Å². The minimum Gasteiger partial charge on any atom is -0.494 e. The van der Waals surface area contributed by atoms with E-state index in [1.165, 1.54) is 0 Å². The Morgan fingerprint density at radius 3 is 2.48 bits per heavy atom. The minimum atomic E-state index is -0.130. The topological polar surface area (TPSA) is 27.1 Å². The van der Waals surface area contributed by atoms with Crippen molar-refractivity contribution in [3.05, 3.63) is 24.0 Å². The van der Waals surface area contributed by atoms with Crippen LogP contribution in [0.2, 0.25) is 0 Å². The normalized spacial score (nSPS) is 15.2. The van der Waals surface area contributed by atoms with Crippen LogP contribution < -0.4 is 4.74 Å². The van der Waals surface area contributed by atoms with Crippen molar-refractivity contribution >= 4 is 22.6 Å². The van der Waals surface area contributed by atoms with E-state index in [9.17, 15) is 0 Å². The van der Waals surface area contributed by atoms with E-state index in [-0.39, 0.29) is 10.8 Å². The minimum absolute atomic E-state index is 0.130. The average molecular weight is 309 g/mol. The van der Waals surface area contributed by atoms with E-state index in [1.807, 2.05) is 19.1 Å². The number of alkyl halides is 1. The molecule has 2 rings (SSSR count). The second kappa shape index (κ2) is 5.88. The number of para-hydroxylation sites is 1. The largest absolute Gasteiger partial charge is 0.494 e. The van der Waals surface area contributed by atoms with Crippen molar-refractivity contribution in [1.29, 1.82) is 0 Å². The highest BCUT2D eigenvalue weighted by Crippen LogP contribution is 2.33. The van der Waals surface area contributed by atoms with E-state index in [2.05, 4.69) is 38.3 Å². The standard InChI is InChI=1S/C17H25ClN2O/c1-11(17(3,4)5)10-20-13-8-7-9-14(21-6)15(13)19-16(20)12(2)18/h7-9,11-12H,10H2,1-6H3. The van der Waals surface area contributed by atoms with Gasteiger partial charge in [0, 0.05) is 6.54 Å². The third kappa shape index (κ3) is 3.18. The molecule has 1 aromatic heterocycles. The third-order valence-corrected chi connectivity index (χ3v) is 4.48. The number of nitrogens with zero attached hydrogens (tertiary/aromatic N) is 2. The molecule has 0 saturated carbocycles. The van der Waals surface area contributed by atoms with Crippen LogP contribution in [-0.2, 0) is 6.54 Å². The first-order chi connectivity index (χ1) is 9.75. The van der Waals surface area contributed by atoms with E-state index in [0.717, 1.165) is 29.2 Å². The van der Waals surface area contributed by atoms with Gasteiger partial charge in [0.15, 0.2) is 0 Å². The Balaban J connectivity index is 2.57. The summed E-state index contributed by atoms with van der Waals surface area (Å²) >= 11 is 6.35. The molecule has 1 aromatic carbocycles. The van der Waals surface area contributed by atoms with E-state index >= 15 is 0 Å². The summed E-state index contributed by atoms with van der Waals surface area (Å²) in [6.45, 7) is 11.9. The van der Waals surface area contributed by atoms with E-state index in [0.29, 0.717) is 5.92 Å². The summed E-state index contributed by atoms with van der Waals surface area (Å²) < 4.78 is 7.67. The van der Waals surface area contributed by atoms with E-state index in [1.54, 1.807) is 7.11 Å². The summed E-state index contributed by atoms with van der Waals surface area (Å²) in [6.07, 6.45) is 0. The Morgan fingerprint density at radius 1 is 1.29 bits per heavy atom. The fourth-order valence-corrected chi connectivity index (χ4v) is 2.51. The number of rotatable bonds is 4. The van der Waals surface area contributed by atoms with Gasteiger partial charge < -0.3 is 9.30 Å². The maximum atomic E-state index is 6.35. The van der Waals surface area contributed by atoms with Gasteiger partial charge in [-0.05, 0) is 30.4 Å². The number of aromatic nitrogens is 2. The molecule has 0 N–H and O–H groups in total. The van der Waals surface area contributed by atoms with Crippen molar-refractivity contribution in [3.8, 4) is 5.75 Å². The molecular weight excluding hydrogens is 284 g/mol. The number of benzene rings is 1. The number of hydrogen-bond donors (Lipinski definition) is 0. The highest BCUT2D eigenvalue weighted by atomic mass is 35.5. The van der Waals surface area contributed by atoms with Crippen LogP contribution in [-0.4, -0.2) is 16.7 Å². The third-order valence-electron chi connectivity index (χ3n) is 4.28. The second-order valence-corrected chi connectivity index (χ2v) is 7.45. The molecule has 3 nitrogen and oxygen atoms in total. The van der Waals surface area contributed by atoms with Crippen LogP contribution in [0, 0.1) is 11.3 Å². The second-order valence-electron chi connectivity index (χ2n) is 6.79. The monoisotopic (exact) mass is 308 g/mol. The summed E-state index contributed by atoms with van der Waals surface area (Å²) in [5.74, 6) is 2.22. The molecule has 0 aliphatic carbocycles. The fourth-order valence-electron chi connectivity index (χ4n) is 2.35. The molecule has 4 heteroatoms. The lowest BCUT2D eigenvalue weighted by molar-refractivity contribution is 0.233. The van der Waals surface area contributed by atoms with Crippen molar-refractivity contribution < 1.29 is 4.74 Å². The Kier molecular flexibility index (Phi) is 4.52. The van der Waals surface area contributed by atoms with Crippen LogP contribution in [0.15, 0.2) is 18.2 Å². The molecule has 0 amide bonds. The van der Waals surface area contributed by atoms with E-state index < -0.39 is 0 Å². The Morgan fingerprint density at radius 2 is 1.95 bits per heavy atom. The predicted molar refractivity (Wildman–Crippen MR) is 89.2 cm³/mol. The number of hydrogen-bond acceptors (Lipinski definition) is 2. The number of halogens is 1. The summed E-state index contributed by atoms with van der Waals surface area (Å²) in [5, 5.41) is -0.130. The van der Waals surface area contributed by atoms with Gasteiger partial charge in [0.1, 0.15) is 17.1 Å². The first-order valence-corrected chi connectivity index (χ1v) is 7.86. The van der Waals surface area contributed by atoms with Gasteiger partial charge in [-0.2, -0.15) is 0 Å². The molecule has 0 aliphatic rings. The lowest BCUT2D eigenvalue weighted by atomic mass is 9.82. The SMILES string of the molecule is COc1cccc2c1nc(C(C)Cl)n2CC(C)C(C)(C)C. The van der Waals surface area contributed by atoms with Gasteiger partial charge in [-0.3, -0.25) is 0 Å². The zero-order valence-electron chi connectivity index (χ0n) is 13.8. The zero-order chi connectivity index (χ0) is 15.8. The van der Waals surface area contributed by atoms with Crippen LogP contribution in [0.5, 0.6) is 5.75 Å². The van der Waals surface area contributed by atoms with Crippen molar-refractivity contribution in [1.82, 2.24) is 9.55 Å². The maximum absolute atomic E-state index is 6.35. The van der Waals surface area contributed by atoms with Crippen molar-refractivity contribution in [2.24, 2.45) is 11.3 Å². The zero-order valence-corrected chi connectivity index (χ0v) is 14.5. The van der Waals surface area contributed by atoms with Crippen molar-refractivity contribution in [3.63, 3.8) is 0 Å². The lowest BCUT2D eigenvalue weighted by Crippen LogP contribution is -2.23.